The van der Waals surface area contributed by atoms with E-state index in [9.17, 15) is 4.79 Å². The van der Waals surface area contributed by atoms with Crippen molar-refractivity contribution in [2.24, 2.45) is 5.10 Å². The van der Waals surface area contributed by atoms with Gasteiger partial charge in [-0.2, -0.15) is 5.10 Å². The highest BCUT2D eigenvalue weighted by molar-refractivity contribution is 5.99. The maximum Gasteiger partial charge on any atom is 0.427 e. The molecule has 0 radical (unpaired) electrons. The Morgan fingerprint density at radius 2 is 2.09 bits per heavy atom. The van der Waals surface area contributed by atoms with Gasteiger partial charge in [0.2, 0.25) is 0 Å². The average molecular weight is 322 g/mol. The van der Waals surface area contributed by atoms with Crippen molar-refractivity contribution in [2.75, 3.05) is 40.5 Å². The Bertz CT molecular complexity index is 568. The number of methoxy groups -OCH3 is 2. The number of hydrazone groups is 1. The molecule has 0 aromatic heterocycles. The van der Waals surface area contributed by atoms with E-state index in [2.05, 4.69) is 21.3 Å². The maximum atomic E-state index is 11.1. The standard InChI is InChI=1S/C16H23N3O4/c1-12(17-18-16(20)22-3)13-4-5-15(21-2)14(10-13)11-19-6-8-23-9-7-19/h4-5,10H,6-9,11H2,1-3H3,(H,18,20)/p+1/b17-12-. The predicted octanol–water partition coefficient (Wildman–Crippen LogP) is 0.190. The van der Waals surface area contributed by atoms with E-state index in [1.54, 1.807) is 7.11 Å². The average Bonchev–Trinajstić information content (AvgIpc) is 2.60. The van der Waals surface area contributed by atoms with Gasteiger partial charge in [-0.25, -0.2) is 10.2 Å². The zero-order valence-corrected chi connectivity index (χ0v) is 13.8. The number of ether oxygens (including phenoxy) is 3. The minimum Gasteiger partial charge on any atom is -0.496 e. The van der Waals surface area contributed by atoms with Crippen LogP contribution in [0.4, 0.5) is 4.79 Å². The number of quaternary nitrogens is 1. The molecule has 0 bridgehead atoms. The molecule has 0 atom stereocenters. The Labute approximate surface area is 136 Å². The Morgan fingerprint density at radius 1 is 1.35 bits per heavy atom. The van der Waals surface area contributed by atoms with Gasteiger partial charge in [0.1, 0.15) is 25.4 Å². The van der Waals surface area contributed by atoms with Crippen LogP contribution in [0.2, 0.25) is 0 Å². The molecule has 1 amide bonds. The van der Waals surface area contributed by atoms with Crippen molar-refractivity contribution in [1.82, 2.24) is 5.43 Å². The first-order valence-corrected chi connectivity index (χ1v) is 7.61. The van der Waals surface area contributed by atoms with Crippen LogP contribution in [-0.2, 0) is 16.0 Å². The van der Waals surface area contributed by atoms with Crippen molar-refractivity contribution in [2.45, 2.75) is 13.5 Å². The first kappa shape index (κ1) is 17.2. The fraction of sp³-hybridized carbons (Fsp3) is 0.500. The summed E-state index contributed by atoms with van der Waals surface area (Å²) in [5.74, 6) is 0.862. The molecule has 0 spiro atoms. The van der Waals surface area contributed by atoms with E-state index in [-0.39, 0.29) is 0 Å². The zero-order chi connectivity index (χ0) is 16.7. The van der Waals surface area contributed by atoms with Gasteiger partial charge in [-0.15, -0.1) is 0 Å². The molecule has 1 aliphatic rings. The molecule has 1 aromatic carbocycles. The molecule has 7 nitrogen and oxygen atoms in total. The highest BCUT2D eigenvalue weighted by atomic mass is 16.5. The molecule has 1 saturated heterocycles. The van der Waals surface area contributed by atoms with Crippen molar-refractivity contribution in [3.63, 3.8) is 0 Å². The molecule has 7 heteroatoms. The number of carbonyl (C=O) groups is 1. The Balaban J connectivity index is 2.15. The number of nitrogens with zero attached hydrogens (tertiary/aromatic N) is 1. The number of morpholine rings is 1. The number of benzene rings is 1. The number of hydrogen-bond donors (Lipinski definition) is 2. The summed E-state index contributed by atoms with van der Waals surface area (Å²) in [7, 11) is 2.98. The summed E-state index contributed by atoms with van der Waals surface area (Å²) in [6.07, 6.45) is -0.587. The van der Waals surface area contributed by atoms with Crippen LogP contribution in [0.15, 0.2) is 23.3 Å². The molecule has 0 unspecified atom stereocenters. The van der Waals surface area contributed by atoms with Gasteiger partial charge < -0.3 is 19.1 Å². The summed E-state index contributed by atoms with van der Waals surface area (Å²) in [5, 5.41) is 4.03. The molecular weight excluding hydrogens is 298 g/mol. The third-order valence-corrected chi connectivity index (χ3v) is 3.84. The van der Waals surface area contributed by atoms with Crippen molar-refractivity contribution in [3.05, 3.63) is 29.3 Å². The van der Waals surface area contributed by atoms with Crippen LogP contribution in [0, 0.1) is 0 Å². The molecule has 1 heterocycles. The second-order valence-electron chi connectivity index (χ2n) is 5.37. The van der Waals surface area contributed by atoms with Gasteiger partial charge in [-0.1, -0.05) is 0 Å². The molecular formula is C16H24N3O4+. The Hall–Kier alpha value is -2.12. The number of amides is 1. The van der Waals surface area contributed by atoms with E-state index in [1.165, 1.54) is 12.0 Å². The van der Waals surface area contributed by atoms with Gasteiger partial charge in [0.15, 0.2) is 0 Å². The van der Waals surface area contributed by atoms with E-state index in [4.69, 9.17) is 9.47 Å². The first-order chi connectivity index (χ1) is 11.1. The van der Waals surface area contributed by atoms with Crippen LogP contribution < -0.4 is 15.1 Å². The molecule has 1 fully saturated rings. The van der Waals surface area contributed by atoms with E-state index in [1.807, 2.05) is 19.1 Å². The van der Waals surface area contributed by atoms with Crippen LogP contribution in [0.1, 0.15) is 18.1 Å². The molecule has 126 valence electrons. The summed E-state index contributed by atoms with van der Waals surface area (Å²) in [4.78, 5) is 12.6. The fourth-order valence-electron chi connectivity index (χ4n) is 2.49. The molecule has 23 heavy (non-hydrogen) atoms. The van der Waals surface area contributed by atoms with Crippen LogP contribution in [-0.4, -0.2) is 52.3 Å². The maximum absolute atomic E-state index is 11.1. The Morgan fingerprint density at radius 3 is 2.74 bits per heavy atom. The predicted molar refractivity (Wildman–Crippen MR) is 86.0 cm³/mol. The van der Waals surface area contributed by atoms with Crippen molar-refractivity contribution in [3.8, 4) is 5.75 Å². The van der Waals surface area contributed by atoms with E-state index in [0.717, 1.165) is 49.7 Å². The van der Waals surface area contributed by atoms with E-state index in [0.29, 0.717) is 5.71 Å². The second-order valence-corrected chi connectivity index (χ2v) is 5.37. The summed E-state index contributed by atoms with van der Waals surface area (Å²) in [6.45, 7) is 6.28. The summed E-state index contributed by atoms with van der Waals surface area (Å²) in [6, 6.07) is 5.91. The highest BCUT2D eigenvalue weighted by Crippen LogP contribution is 2.19. The van der Waals surface area contributed by atoms with Gasteiger partial charge in [0, 0.05) is 5.56 Å². The van der Waals surface area contributed by atoms with Crippen LogP contribution in [0.3, 0.4) is 0 Å². The fourth-order valence-corrected chi connectivity index (χ4v) is 2.49. The van der Waals surface area contributed by atoms with E-state index < -0.39 is 6.09 Å². The summed E-state index contributed by atoms with van der Waals surface area (Å²) in [5.41, 5.74) is 5.09. The highest BCUT2D eigenvalue weighted by Gasteiger charge is 2.17. The molecule has 2 N–H and O–H groups in total. The summed E-state index contributed by atoms with van der Waals surface area (Å²) >= 11 is 0. The van der Waals surface area contributed by atoms with Crippen LogP contribution in [0.25, 0.3) is 0 Å². The lowest BCUT2D eigenvalue weighted by Crippen LogP contribution is -3.12. The first-order valence-electron chi connectivity index (χ1n) is 7.61. The quantitative estimate of drug-likeness (QED) is 0.600. The lowest BCUT2D eigenvalue weighted by atomic mass is 10.1. The molecule has 2 rings (SSSR count). The van der Waals surface area contributed by atoms with Crippen molar-refractivity contribution in [1.29, 1.82) is 0 Å². The van der Waals surface area contributed by atoms with Gasteiger partial charge >= 0.3 is 6.09 Å². The van der Waals surface area contributed by atoms with Gasteiger partial charge in [0.05, 0.1) is 33.1 Å². The zero-order valence-electron chi connectivity index (χ0n) is 13.8. The molecule has 0 aliphatic carbocycles. The lowest BCUT2D eigenvalue weighted by Gasteiger charge is -2.24. The smallest absolute Gasteiger partial charge is 0.427 e. The SMILES string of the molecule is COC(=O)N/N=C(/C)c1ccc(OC)c(C[NH+]2CCOCC2)c1. The minimum absolute atomic E-state index is 0.587. The van der Waals surface area contributed by atoms with E-state index >= 15 is 0 Å². The van der Waals surface area contributed by atoms with Gasteiger partial charge in [-0.05, 0) is 30.7 Å². The molecule has 1 aromatic rings. The monoisotopic (exact) mass is 322 g/mol. The number of carbonyl (C=O) groups excluding carboxylic acids is 1. The summed E-state index contributed by atoms with van der Waals surface area (Å²) < 4.78 is 15.4. The van der Waals surface area contributed by atoms with Gasteiger partial charge in [0.25, 0.3) is 0 Å². The molecule has 0 saturated carbocycles. The number of rotatable bonds is 5. The third kappa shape index (κ3) is 4.94. The minimum atomic E-state index is -0.587. The topological polar surface area (TPSA) is 73.6 Å². The van der Waals surface area contributed by atoms with Crippen LogP contribution >= 0.6 is 0 Å². The lowest BCUT2D eigenvalue weighted by molar-refractivity contribution is -0.921. The number of hydrogen-bond acceptors (Lipinski definition) is 5. The third-order valence-electron chi connectivity index (χ3n) is 3.84. The van der Waals surface area contributed by atoms with Crippen molar-refractivity contribution < 1.29 is 23.9 Å². The largest absolute Gasteiger partial charge is 0.496 e. The Kier molecular flexibility index (Phi) is 6.37. The molecule has 1 aliphatic heterocycles. The second kappa shape index (κ2) is 8.50. The van der Waals surface area contributed by atoms with Crippen LogP contribution in [0.5, 0.6) is 5.75 Å². The number of nitrogens with one attached hydrogen (secondary N) is 2. The normalized spacial score (nSPS) is 16.0. The van der Waals surface area contributed by atoms with Gasteiger partial charge in [-0.3, -0.25) is 0 Å². The van der Waals surface area contributed by atoms with Crippen molar-refractivity contribution >= 4 is 11.8 Å².